The van der Waals surface area contributed by atoms with Gasteiger partial charge in [-0.2, -0.15) is 10.2 Å². The molecule has 0 aliphatic rings. The number of benzene rings is 3. The van der Waals surface area contributed by atoms with Gasteiger partial charge in [0, 0.05) is 41.3 Å². The van der Waals surface area contributed by atoms with Crippen molar-refractivity contribution in [2.75, 3.05) is 31.6 Å². The molecule has 3 rings (SSSR count). The zero-order valence-electron chi connectivity index (χ0n) is 26.9. The van der Waals surface area contributed by atoms with Crippen LogP contribution in [0.15, 0.2) is 95.7 Å². The number of amides is 1. The first-order valence-corrected chi connectivity index (χ1v) is 15.9. The number of carbonyl (C=O) groups excluding carboxylic acids is 4. The van der Waals surface area contributed by atoms with Crippen LogP contribution in [-0.2, 0) is 9.53 Å². The fourth-order valence-corrected chi connectivity index (χ4v) is 4.76. The van der Waals surface area contributed by atoms with Crippen molar-refractivity contribution in [2.45, 2.75) is 58.8 Å². The quantitative estimate of drug-likeness (QED) is 0.0443. The number of ether oxygens (including phenoxy) is 1. The Morgan fingerprint density at radius 3 is 1.91 bits per heavy atom. The number of Topliss-reactive ketones (excluding diaryl/α,β-unsaturated/α-hetero) is 2. The van der Waals surface area contributed by atoms with Crippen molar-refractivity contribution in [3.63, 3.8) is 0 Å². The summed E-state index contributed by atoms with van der Waals surface area (Å²) in [4.78, 5) is 53.1. The summed E-state index contributed by atoms with van der Waals surface area (Å²) in [5.74, 6) is -1.11. The predicted octanol–water partition coefficient (Wildman–Crippen LogP) is 8.52. The molecule has 242 valence electrons. The molecule has 0 fully saturated rings. The van der Waals surface area contributed by atoms with Crippen molar-refractivity contribution in [3.8, 4) is 0 Å². The van der Waals surface area contributed by atoms with E-state index in [1.165, 1.54) is 0 Å². The molecule has 3 aromatic carbocycles. The Balaban J connectivity index is 1.68. The summed E-state index contributed by atoms with van der Waals surface area (Å²) in [6.07, 6.45) is 5.38. The van der Waals surface area contributed by atoms with Crippen molar-refractivity contribution in [1.82, 2.24) is 4.90 Å². The highest BCUT2D eigenvalue weighted by atomic mass is 16.5. The fraction of sp³-hybridized carbons (Fsp3) is 0.351. The molecule has 3 aromatic rings. The highest BCUT2D eigenvalue weighted by Crippen LogP contribution is 2.22. The van der Waals surface area contributed by atoms with Gasteiger partial charge in [0.25, 0.3) is 5.91 Å². The fourth-order valence-electron chi connectivity index (χ4n) is 4.76. The van der Waals surface area contributed by atoms with Gasteiger partial charge in [0.2, 0.25) is 0 Å². The monoisotopic (exact) mass is 624 g/mol. The second-order valence-electron chi connectivity index (χ2n) is 10.8. The van der Waals surface area contributed by atoms with Crippen molar-refractivity contribution in [3.05, 3.63) is 102 Å². The molecule has 0 unspecified atom stereocenters. The lowest BCUT2D eigenvalue weighted by Crippen LogP contribution is -2.23. The van der Waals surface area contributed by atoms with E-state index in [1.807, 2.05) is 30.3 Å². The maximum atomic E-state index is 13.2. The van der Waals surface area contributed by atoms with E-state index in [0.717, 1.165) is 50.7 Å². The molecule has 0 saturated carbocycles. The molecular formula is C37H44N4O5. The smallest absolute Gasteiger partial charge is 0.330 e. The highest BCUT2D eigenvalue weighted by molar-refractivity contribution is 6.07. The number of nitrogens with one attached hydrogen (secondary N) is 1. The molecule has 0 saturated heterocycles. The average Bonchev–Trinajstić information content (AvgIpc) is 3.08. The van der Waals surface area contributed by atoms with Crippen LogP contribution < -0.4 is 5.32 Å². The second kappa shape index (κ2) is 19.6. The third-order valence-corrected chi connectivity index (χ3v) is 7.48. The van der Waals surface area contributed by atoms with Crippen LogP contribution in [0, 0.1) is 0 Å². The molecule has 1 N–H and O–H groups in total. The summed E-state index contributed by atoms with van der Waals surface area (Å²) in [5, 5.41) is 11.3. The topological polar surface area (TPSA) is 117 Å². The van der Waals surface area contributed by atoms with Gasteiger partial charge < -0.3 is 15.0 Å². The summed E-state index contributed by atoms with van der Waals surface area (Å²) < 4.78 is 4.98. The van der Waals surface area contributed by atoms with Crippen LogP contribution in [0.2, 0.25) is 0 Å². The van der Waals surface area contributed by atoms with Crippen LogP contribution in [0.3, 0.4) is 0 Å². The first-order valence-electron chi connectivity index (χ1n) is 15.9. The second-order valence-corrected chi connectivity index (χ2v) is 10.8. The number of anilines is 1. The number of esters is 1. The summed E-state index contributed by atoms with van der Waals surface area (Å²) >= 11 is 0. The van der Waals surface area contributed by atoms with E-state index in [0.29, 0.717) is 47.3 Å². The number of hydrogen-bond acceptors (Lipinski definition) is 8. The molecule has 0 aliphatic carbocycles. The molecule has 0 spiro atoms. The van der Waals surface area contributed by atoms with Crippen LogP contribution in [0.25, 0.3) is 0 Å². The Bertz CT molecular complexity index is 1480. The SMILES string of the molecule is C=CC(=O)OCCCCC(=O)c1cc(NC(=O)c2ccc(N=Nc3ccccc3)cc2)cc(C(=O)CCCCCN(CC)CC)c1. The lowest BCUT2D eigenvalue weighted by Gasteiger charge is -2.17. The number of azo groups is 1. The Hall–Kier alpha value is -4.76. The molecule has 9 nitrogen and oxygen atoms in total. The third kappa shape index (κ3) is 12.3. The summed E-state index contributed by atoms with van der Waals surface area (Å²) in [7, 11) is 0. The Morgan fingerprint density at radius 2 is 1.33 bits per heavy atom. The molecular weight excluding hydrogens is 580 g/mol. The Labute approximate surface area is 271 Å². The number of hydrogen-bond donors (Lipinski definition) is 1. The first-order chi connectivity index (χ1) is 22.3. The van der Waals surface area contributed by atoms with Crippen LogP contribution in [0.1, 0.15) is 89.9 Å². The van der Waals surface area contributed by atoms with E-state index in [9.17, 15) is 19.2 Å². The standard InChI is InChI=1S/C37H44N4O5/c1-4-36(44)46-24-14-12-18-35(43)30-25-29(34(42)17-11-8-13-23-41(5-2)6-3)26-33(27-30)38-37(45)28-19-21-32(22-20-28)40-39-31-15-9-7-10-16-31/h4,7,9-10,15-16,19-22,25-27H,1,5-6,8,11-14,17-18,23-24H2,2-3H3,(H,38,45). The molecule has 0 heterocycles. The molecule has 0 bridgehead atoms. The van der Waals surface area contributed by atoms with E-state index < -0.39 is 5.97 Å². The maximum Gasteiger partial charge on any atom is 0.330 e. The van der Waals surface area contributed by atoms with Crippen molar-refractivity contribution in [1.29, 1.82) is 0 Å². The van der Waals surface area contributed by atoms with Crippen molar-refractivity contribution < 1.29 is 23.9 Å². The minimum atomic E-state index is -0.503. The first kappa shape index (κ1) is 35.7. The van der Waals surface area contributed by atoms with E-state index in [4.69, 9.17) is 4.74 Å². The minimum Gasteiger partial charge on any atom is -0.463 e. The number of carbonyl (C=O) groups is 4. The molecule has 0 radical (unpaired) electrons. The number of nitrogens with zero attached hydrogens (tertiary/aromatic N) is 3. The number of ketones is 2. The van der Waals surface area contributed by atoms with E-state index in [2.05, 4.69) is 40.9 Å². The summed E-state index contributed by atoms with van der Waals surface area (Å²) in [6, 6.07) is 20.9. The molecule has 0 aromatic heterocycles. The lowest BCUT2D eigenvalue weighted by atomic mass is 9.98. The molecule has 46 heavy (non-hydrogen) atoms. The average molecular weight is 625 g/mol. The van der Waals surface area contributed by atoms with Gasteiger partial charge in [-0.1, -0.05) is 45.0 Å². The van der Waals surface area contributed by atoms with Gasteiger partial charge in [-0.25, -0.2) is 4.79 Å². The zero-order chi connectivity index (χ0) is 33.1. The normalized spacial score (nSPS) is 11.0. The summed E-state index contributed by atoms with van der Waals surface area (Å²) in [6.45, 7) is 10.9. The number of unbranched alkanes of at least 4 members (excludes halogenated alkanes) is 3. The lowest BCUT2D eigenvalue weighted by molar-refractivity contribution is -0.137. The van der Waals surface area contributed by atoms with Gasteiger partial charge in [-0.15, -0.1) is 0 Å². The zero-order valence-corrected chi connectivity index (χ0v) is 26.9. The molecule has 0 atom stereocenters. The molecule has 0 aliphatic heterocycles. The van der Waals surface area contributed by atoms with Gasteiger partial charge in [0.05, 0.1) is 18.0 Å². The van der Waals surface area contributed by atoms with Crippen molar-refractivity contribution >= 4 is 40.5 Å². The van der Waals surface area contributed by atoms with Crippen LogP contribution in [0.4, 0.5) is 17.1 Å². The van der Waals surface area contributed by atoms with Crippen LogP contribution in [-0.4, -0.2) is 54.6 Å². The minimum absolute atomic E-state index is 0.0718. The number of rotatable bonds is 20. The third-order valence-electron chi connectivity index (χ3n) is 7.48. The van der Waals surface area contributed by atoms with E-state index in [-0.39, 0.29) is 30.5 Å². The Morgan fingerprint density at radius 1 is 0.739 bits per heavy atom. The van der Waals surface area contributed by atoms with Gasteiger partial charge in [0.1, 0.15) is 0 Å². The van der Waals surface area contributed by atoms with Crippen LogP contribution >= 0.6 is 0 Å². The van der Waals surface area contributed by atoms with E-state index in [1.54, 1.807) is 42.5 Å². The van der Waals surface area contributed by atoms with Crippen LogP contribution in [0.5, 0.6) is 0 Å². The van der Waals surface area contributed by atoms with Crippen molar-refractivity contribution in [2.24, 2.45) is 10.2 Å². The van der Waals surface area contributed by atoms with Gasteiger partial charge >= 0.3 is 5.97 Å². The Kier molecular flexibility index (Phi) is 15.2. The molecule has 9 heteroatoms. The van der Waals surface area contributed by atoms with Gasteiger partial charge in [0.15, 0.2) is 11.6 Å². The van der Waals surface area contributed by atoms with Gasteiger partial charge in [-0.3, -0.25) is 14.4 Å². The molecule has 1 amide bonds. The van der Waals surface area contributed by atoms with Gasteiger partial charge in [-0.05, 0) is 99.9 Å². The van der Waals surface area contributed by atoms with E-state index >= 15 is 0 Å². The summed E-state index contributed by atoms with van der Waals surface area (Å²) in [5.41, 5.74) is 2.82. The largest absolute Gasteiger partial charge is 0.463 e. The maximum absolute atomic E-state index is 13.2. The highest BCUT2D eigenvalue weighted by Gasteiger charge is 2.16. The predicted molar refractivity (Wildman–Crippen MR) is 181 cm³/mol.